The molecule has 0 fully saturated rings. The van der Waals surface area contributed by atoms with Gasteiger partial charge in [0.1, 0.15) is 16.5 Å². The van der Waals surface area contributed by atoms with Gasteiger partial charge >= 0.3 is 6.09 Å². The van der Waals surface area contributed by atoms with Crippen LogP contribution < -0.4 is 10.1 Å². The molecule has 0 radical (unpaired) electrons. The first kappa shape index (κ1) is 20.7. The molecule has 31 heavy (non-hydrogen) atoms. The number of nitrogens with zero attached hydrogens (tertiary/aromatic N) is 3. The second-order valence-corrected chi connectivity index (χ2v) is 7.93. The van der Waals surface area contributed by atoms with E-state index in [1.165, 1.54) is 23.5 Å². The molecule has 2 heterocycles. The summed E-state index contributed by atoms with van der Waals surface area (Å²) in [4.78, 5) is 16.6. The minimum absolute atomic E-state index is 0.239. The summed E-state index contributed by atoms with van der Waals surface area (Å²) in [6.07, 6.45) is 2.01. The second-order valence-electron chi connectivity index (χ2n) is 6.96. The number of rotatable bonds is 7. The van der Waals surface area contributed by atoms with Crippen molar-refractivity contribution in [3.05, 3.63) is 89.5 Å². The van der Waals surface area contributed by atoms with Crippen LogP contribution in [0.5, 0.6) is 5.06 Å². The maximum Gasteiger partial charge on any atom is 0.413 e. The summed E-state index contributed by atoms with van der Waals surface area (Å²) < 4.78 is 20.5. The van der Waals surface area contributed by atoms with E-state index in [0.717, 1.165) is 11.1 Å². The lowest BCUT2D eigenvalue weighted by Crippen LogP contribution is -2.26. The number of amides is 1. The van der Waals surface area contributed by atoms with Gasteiger partial charge in [-0.2, -0.15) is 5.10 Å². The van der Waals surface area contributed by atoms with E-state index in [9.17, 15) is 9.18 Å². The Morgan fingerprint density at radius 3 is 2.74 bits per heavy atom. The van der Waals surface area contributed by atoms with Gasteiger partial charge in [-0.3, -0.25) is 4.68 Å². The van der Waals surface area contributed by atoms with Gasteiger partial charge < -0.3 is 10.1 Å². The Morgan fingerprint density at radius 2 is 1.94 bits per heavy atom. The summed E-state index contributed by atoms with van der Waals surface area (Å²) in [5, 5.41) is 8.39. The van der Waals surface area contributed by atoms with E-state index in [-0.39, 0.29) is 5.82 Å². The number of benzene rings is 2. The van der Waals surface area contributed by atoms with E-state index < -0.39 is 6.09 Å². The molecule has 4 rings (SSSR count). The van der Waals surface area contributed by atoms with Gasteiger partial charge in [0, 0.05) is 19.3 Å². The fourth-order valence-electron chi connectivity index (χ4n) is 3.01. The van der Waals surface area contributed by atoms with Crippen molar-refractivity contribution >= 4 is 17.4 Å². The van der Waals surface area contributed by atoms with Crippen molar-refractivity contribution < 1.29 is 13.9 Å². The lowest BCUT2D eigenvalue weighted by atomic mass is 10.1. The van der Waals surface area contributed by atoms with Crippen LogP contribution in [0.2, 0.25) is 0 Å². The molecule has 0 aliphatic heterocycles. The highest BCUT2D eigenvalue weighted by molar-refractivity contribution is 7.17. The van der Waals surface area contributed by atoms with Crippen molar-refractivity contribution in [2.24, 2.45) is 0 Å². The van der Waals surface area contributed by atoms with Crippen LogP contribution in [0.3, 0.4) is 0 Å². The summed E-state index contributed by atoms with van der Waals surface area (Å²) in [5.74, 6) is -0.239. The normalized spacial score (nSPS) is 10.8. The average Bonchev–Trinajstić information content (AvgIpc) is 3.38. The van der Waals surface area contributed by atoms with E-state index in [2.05, 4.69) is 15.4 Å². The van der Waals surface area contributed by atoms with Crippen LogP contribution in [0, 0.1) is 12.7 Å². The quantitative estimate of drug-likeness (QED) is 0.443. The first-order valence-corrected chi connectivity index (χ1v) is 10.6. The Morgan fingerprint density at radius 1 is 1.13 bits per heavy atom. The Hall–Kier alpha value is -3.52. The van der Waals surface area contributed by atoms with Gasteiger partial charge in [-0.15, -0.1) is 0 Å². The molecule has 1 amide bonds. The molecule has 8 heteroatoms. The SMILES string of the molecule is Cc1nc(-c2ccn(CCc3cccc(F)c3)n2)sc1OC(=O)NCc1ccccc1. The van der Waals surface area contributed by atoms with Crippen molar-refractivity contribution in [2.45, 2.75) is 26.4 Å². The van der Waals surface area contributed by atoms with Gasteiger partial charge in [0.15, 0.2) is 0 Å². The molecule has 6 nitrogen and oxygen atoms in total. The number of ether oxygens (including phenoxy) is 1. The Bertz CT molecular complexity index is 1170. The molecule has 1 N–H and O–H groups in total. The third-order valence-electron chi connectivity index (χ3n) is 4.60. The summed E-state index contributed by atoms with van der Waals surface area (Å²) in [7, 11) is 0. The Kier molecular flexibility index (Phi) is 6.37. The maximum atomic E-state index is 13.3. The van der Waals surface area contributed by atoms with Crippen LogP contribution >= 0.6 is 11.3 Å². The van der Waals surface area contributed by atoms with E-state index in [1.807, 2.05) is 48.7 Å². The first-order valence-electron chi connectivity index (χ1n) is 9.82. The van der Waals surface area contributed by atoms with Gasteiger partial charge in [0.2, 0.25) is 5.06 Å². The molecule has 4 aromatic rings. The fraction of sp³-hybridized carbons (Fsp3) is 0.174. The smallest absolute Gasteiger partial charge is 0.397 e. The summed E-state index contributed by atoms with van der Waals surface area (Å²) in [5.41, 5.74) is 3.24. The third-order valence-corrected chi connectivity index (χ3v) is 5.66. The lowest BCUT2D eigenvalue weighted by molar-refractivity contribution is 0.201. The molecular weight excluding hydrogens is 415 g/mol. The predicted molar refractivity (Wildman–Crippen MR) is 117 cm³/mol. The molecule has 0 saturated carbocycles. The number of carbonyl (C=O) groups is 1. The molecule has 0 unspecified atom stereocenters. The minimum atomic E-state index is -0.525. The van der Waals surface area contributed by atoms with Gasteiger partial charge in [-0.25, -0.2) is 14.2 Å². The van der Waals surface area contributed by atoms with Crippen molar-refractivity contribution in [3.8, 4) is 15.8 Å². The van der Waals surface area contributed by atoms with Gasteiger partial charge in [0.25, 0.3) is 0 Å². The third kappa shape index (κ3) is 5.55. The van der Waals surface area contributed by atoms with Gasteiger partial charge in [0.05, 0.1) is 5.69 Å². The second kappa shape index (κ2) is 9.53. The van der Waals surface area contributed by atoms with Crippen LogP contribution in [0.4, 0.5) is 9.18 Å². The highest BCUT2D eigenvalue weighted by atomic mass is 32.1. The number of carbonyl (C=O) groups excluding carboxylic acids is 1. The number of hydrogen-bond donors (Lipinski definition) is 1. The van der Waals surface area contributed by atoms with Crippen LogP contribution in [-0.4, -0.2) is 20.9 Å². The van der Waals surface area contributed by atoms with Gasteiger partial charge in [-0.05, 0) is 42.7 Å². The zero-order valence-corrected chi connectivity index (χ0v) is 17.7. The fourth-order valence-corrected chi connectivity index (χ4v) is 3.90. The maximum absolute atomic E-state index is 13.3. The number of aryl methyl sites for hydroxylation is 3. The molecule has 0 bridgehead atoms. The van der Waals surface area contributed by atoms with E-state index >= 15 is 0 Å². The molecule has 0 atom stereocenters. The molecule has 2 aromatic heterocycles. The summed E-state index contributed by atoms with van der Waals surface area (Å²) >= 11 is 1.27. The van der Waals surface area contributed by atoms with Crippen LogP contribution in [-0.2, 0) is 19.5 Å². The van der Waals surface area contributed by atoms with Crippen molar-refractivity contribution in [1.82, 2.24) is 20.1 Å². The lowest BCUT2D eigenvalue weighted by Gasteiger charge is -2.05. The van der Waals surface area contributed by atoms with Crippen molar-refractivity contribution in [1.29, 1.82) is 0 Å². The number of hydrogen-bond acceptors (Lipinski definition) is 5. The van der Waals surface area contributed by atoms with Gasteiger partial charge in [-0.1, -0.05) is 53.8 Å². The molecule has 0 aliphatic carbocycles. The molecular formula is C23H21FN4O2S. The first-order chi connectivity index (χ1) is 15.1. The van der Waals surface area contributed by atoms with Crippen LogP contribution in [0.15, 0.2) is 66.9 Å². The molecule has 0 spiro atoms. The number of halogens is 1. The molecule has 2 aromatic carbocycles. The molecule has 0 aliphatic rings. The van der Waals surface area contributed by atoms with Crippen LogP contribution in [0.25, 0.3) is 10.7 Å². The highest BCUT2D eigenvalue weighted by Gasteiger charge is 2.16. The van der Waals surface area contributed by atoms with E-state index in [1.54, 1.807) is 17.7 Å². The largest absolute Gasteiger partial charge is 0.413 e. The number of nitrogens with one attached hydrogen (secondary N) is 1. The highest BCUT2D eigenvalue weighted by Crippen LogP contribution is 2.32. The van der Waals surface area contributed by atoms with Crippen molar-refractivity contribution in [3.63, 3.8) is 0 Å². The monoisotopic (exact) mass is 436 g/mol. The Balaban J connectivity index is 1.35. The number of aromatic nitrogens is 3. The summed E-state index contributed by atoms with van der Waals surface area (Å²) in [6.45, 7) is 2.81. The van der Waals surface area contributed by atoms with E-state index in [4.69, 9.17) is 4.74 Å². The molecule has 0 saturated heterocycles. The topological polar surface area (TPSA) is 69.0 Å². The summed E-state index contributed by atoms with van der Waals surface area (Å²) in [6, 6.07) is 18.0. The molecule has 158 valence electrons. The zero-order chi connectivity index (χ0) is 21.6. The zero-order valence-electron chi connectivity index (χ0n) is 16.9. The average molecular weight is 437 g/mol. The van der Waals surface area contributed by atoms with E-state index in [0.29, 0.717) is 41.0 Å². The van der Waals surface area contributed by atoms with Crippen molar-refractivity contribution in [2.75, 3.05) is 0 Å². The number of thiazole rings is 1. The minimum Gasteiger partial charge on any atom is -0.397 e. The predicted octanol–water partition coefficient (Wildman–Crippen LogP) is 4.99. The Labute approximate surface area is 183 Å². The van der Waals surface area contributed by atoms with Crippen LogP contribution in [0.1, 0.15) is 16.8 Å². The standard InChI is InChI=1S/C23H21FN4O2S/c1-16-22(30-23(29)25-15-18-6-3-2-4-7-18)31-21(26-16)20-11-13-28(27-20)12-10-17-8-5-9-19(24)14-17/h2-9,11,13-14H,10,12,15H2,1H3,(H,25,29).